The minimum absolute atomic E-state index is 0.0615. The van der Waals surface area contributed by atoms with Gasteiger partial charge in [-0.2, -0.15) is 0 Å². The predicted octanol–water partition coefficient (Wildman–Crippen LogP) is 1.99. The summed E-state index contributed by atoms with van der Waals surface area (Å²) >= 11 is 0. The van der Waals surface area contributed by atoms with Gasteiger partial charge in [0, 0.05) is 36.8 Å². The van der Waals surface area contributed by atoms with Gasteiger partial charge in [0.05, 0.1) is 5.56 Å². The Bertz CT molecular complexity index is 703. The predicted molar refractivity (Wildman–Crippen MR) is 95.2 cm³/mol. The summed E-state index contributed by atoms with van der Waals surface area (Å²) in [7, 11) is 4.22. The average Bonchev–Trinajstić information content (AvgIpc) is 2.80. The van der Waals surface area contributed by atoms with E-state index in [1.165, 1.54) is 12.5 Å². The van der Waals surface area contributed by atoms with E-state index in [1.54, 1.807) is 6.07 Å². The van der Waals surface area contributed by atoms with E-state index in [-0.39, 0.29) is 16.9 Å². The number of pyridine rings is 1. The Morgan fingerprint density at radius 3 is 2.67 bits per heavy atom. The van der Waals surface area contributed by atoms with E-state index in [2.05, 4.69) is 37.8 Å². The maximum Gasteiger partial charge on any atom is 0.255 e. The van der Waals surface area contributed by atoms with Gasteiger partial charge in [-0.1, -0.05) is 20.8 Å². The summed E-state index contributed by atoms with van der Waals surface area (Å²) < 4.78 is 0. The quantitative estimate of drug-likeness (QED) is 0.918. The maximum absolute atomic E-state index is 13.1. The van der Waals surface area contributed by atoms with Crippen molar-refractivity contribution >= 4 is 5.91 Å². The second-order valence-corrected chi connectivity index (χ2v) is 8.57. The van der Waals surface area contributed by atoms with Gasteiger partial charge in [-0.3, -0.25) is 9.59 Å². The summed E-state index contributed by atoms with van der Waals surface area (Å²) in [6.07, 6.45) is 1.82. The molecule has 1 N–H and O–H groups in total. The van der Waals surface area contributed by atoms with Crippen molar-refractivity contribution in [3.8, 4) is 0 Å². The molecule has 2 aliphatic rings. The molecule has 1 amide bonds. The molecule has 5 heteroatoms. The number of nitrogens with one attached hydrogen (secondary N) is 1. The zero-order chi connectivity index (χ0) is 17.7. The van der Waals surface area contributed by atoms with Crippen LogP contribution in [0.2, 0.25) is 0 Å². The van der Waals surface area contributed by atoms with Gasteiger partial charge in [0.25, 0.3) is 5.91 Å². The maximum atomic E-state index is 13.1. The SMILES string of the molecule is CCc1[nH]c(=O)ccc1C(=O)N1C[C@@H]2C(C)(C)C[C@]2(CN(C)C)C1. The number of aromatic amines is 1. The molecule has 1 aromatic rings. The fraction of sp³-hybridized carbons (Fsp3) is 0.684. The first-order valence-electron chi connectivity index (χ1n) is 8.85. The van der Waals surface area contributed by atoms with Crippen molar-refractivity contribution in [1.82, 2.24) is 14.8 Å². The Labute approximate surface area is 144 Å². The Morgan fingerprint density at radius 2 is 2.08 bits per heavy atom. The van der Waals surface area contributed by atoms with Crippen LogP contribution in [-0.2, 0) is 6.42 Å². The zero-order valence-electron chi connectivity index (χ0n) is 15.5. The topological polar surface area (TPSA) is 56.4 Å². The third-order valence-electron chi connectivity index (χ3n) is 5.90. The largest absolute Gasteiger partial charge is 0.338 e. The highest BCUT2D eigenvalue weighted by Crippen LogP contribution is 2.62. The minimum atomic E-state index is -0.143. The van der Waals surface area contributed by atoms with Crippen LogP contribution in [0.5, 0.6) is 0 Å². The second-order valence-electron chi connectivity index (χ2n) is 8.57. The van der Waals surface area contributed by atoms with Crippen LogP contribution in [0, 0.1) is 16.7 Å². The smallest absolute Gasteiger partial charge is 0.255 e. The van der Waals surface area contributed by atoms with E-state index in [4.69, 9.17) is 0 Å². The number of nitrogens with zero attached hydrogens (tertiary/aromatic N) is 2. The minimum Gasteiger partial charge on any atom is -0.338 e. The molecule has 2 fully saturated rings. The highest BCUT2D eigenvalue weighted by Gasteiger charge is 2.63. The first-order chi connectivity index (χ1) is 11.2. The number of hydrogen-bond donors (Lipinski definition) is 1. The normalized spacial score (nSPS) is 27.9. The van der Waals surface area contributed by atoms with Gasteiger partial charge in [0.1, 0.15) is 0 Å². The molecule has 24 heavy (non-hydrogen) atoms. The average molecular weight is 331 g/mol. The van der Waals surface area contributed by atoms with E-state index in [0.717, 1.165) is 25.3 Å². The van der Waals surface area contributed by atoms with Crippen LogP contribution in [0.15, 0.2) is 16.9 Å². The number of aromatic nitrogens is 1. The van der Waals surface area contributed by atoms with Gasteiger partial charge >= 0.3 is 0 Å². The van der Waals surface area contributed by atoms with Crippen molar-refractivity contribution in [2.75, 3.05) is 33.7 Å². The lowest BCUT2D eigenvalue weighted by atomic mass is 9.48. The highest BCUT2D eigenvalue weighted by molar-refractivity contribution is 5.95. The fourth-order valence-corrected chi connectivity index (χ4v) is 5.29. The van der Waals surface area contributed by atoms with Gasteiger partial charge in [-0.05, 0) is 44.3 Å². The molecular weight excluding hydrogens is 302 g/mol. The molecule has 2 heterocycles. The molecule has 0 radical (unpaired) electrons. The van der Waals surface area contributed by atoms with E-state index in [0.29, 0.717) is 23.3 Å². The van der Waals surface area contributed by atoms with E-state index in [1.807, 2.05) is 11.8 Å². The third-order valence-corrected chi connectivity index (χ3v) is 5.90. The Hall–Kier alpha value is -1.62. The lowest BCUT2D eigenvalue weighted by Gasteiger charge is -2.57. The molecule has 0 aromatic carbocycles. The van der Waals surface area contributed by atoms with Crippen LogP contribution in [0.25, 0.3) is 0 Å². The number of fused-ring (bicyclic) bond motifs is 1. The van der Waals surface area contributed by atoms with Crippen LogP contribution in [0.1, 0.15) is 43.2 Å². The summed E-state index contributed by atoms with van der Waals surface area (Å²) in [6, 6.07) is 3.14. The summed E-state index contributed by atoms with van der Waals surface area (Å²) in [5.41, 5.74) is 1.76. The first kappa shape index (κ1) is 17.2. The Balaban J connectivity index is 1.87. The second kappa shape index (κ2) is 5.73. The third kappa shape index (κ3) is 2.69. The molecule has 5 nitrogen and oxygen atoms in total. The molecule has 0 spiro atoms. The van der Waals surface area contributed by atoms with Crippen LogP contribution in [-0.4, -0.2) is 54.4 Å². The van der Waals surface area contributed by atoms with Crippen molar-refractivity contribution in [3.63, 3.8) is 0 Å². The molecule has 0 unspecified atom stereocenters. The van der Waals surface area contributed by atoms with Crippen molar-refractivity contribution < 1.29 is 4.79 Å². The highest BCUT2D eigenvalue weighted by atomic mass is 16.2. The van der Waals surface area contributed by atoms with Crippen molar-refractivity contribution in [2.24, 2.45) is 16.7 Å². The number of carbonyl (C=O) groups excluding carboxylic acids is 1. The number of amides is 1. The monoisotopic (exact) mass is 331 g/mol. The molecule has 132 valence electrons. The lowest BCUT2D eigenvalue weighted by Crippen LogP contribution is -2.57. The van der Waals surface area contributed by atoms with E-state index in [9.17, 15) is 9.59 Å². The molecule has 2 atom stereocenters. The molecule has 0 bridgehead atoms. The standard InChI is InChI=1S/C19H29N3O2/c1-6-14-13(7-8-16(23)20-14)17(24)22-9-15-18(2,3)10-19(15,12-22)11-21(4)5/h7-8,15H,6,9-12H2,1-5H3,(H,20,23)/t15-,19+/m1/s1. The van der Waals surface area contributed by atoms with Crippen molar-refractivity contribution in [1.29, 1.82) is 0 Å². The lowest BCUT2D eigenvalue weighted by molar-refractivity contribution is -0.0789. The number of H-pyrrole nitrogens is 1. The van der Waals surface area contributed by atoms with Gasteiger partial charge in [0.15, 0.2) is 0 Å². The van der Waals surface area contributed by atoms with Crippen molar-refractivity contribution in [3.05, 3.63) is 33.7 Å². The number of hydrogen-bond acceptors (Lipinski definition) is 3. The molecule has 1 aliphatic heterocycles. The van der Waals surface area contributed by atoms with Crippen LogP contribution in [0.3, 0.4) is 0 Å². The fourth-order valence-electron chi connectivity index (χ4n) is 5.29. The molecule has 1 aromatic heterocycles. The number of carbonyl (C=O) groups is 1. The van der Waals surface area contributed by atoms with Crippen LogP contribution < -0.4 is 5.56 Å². The number of rotatable bonds is 4. The van der Waals surface area contributed by atoms with Crippen molar-refractivity contribution in [2.45, 2.75) is 33.6 Å². The van der Waals surface area contributed by atoms with Crippen LogP contribution >= 0.6 is 0 Å². The Kier molecular flexibility index (Phi) is 4.11. The zero-order valence-corrected chi connectivity index (χ0v) is 15.5. The summed E-state index contributed by atoms with van der Waals surface area (Å²) in [5.74, 6) is 0.607. The van der Waals surface area contributed by atoms with Gasteiger partial charge in [-0.15, -0.1) is 0 Å². The molecule has 1 saturated carbocycles. The molecule has 3 rings (SSSR count). The van der Waals surface area contributed by atoms with Gasteiger partial charge in [-0.25, -0.2) is 0 Å². The van der Waals surface area contributed by atoms with Gasteiger partial charge in [0.2, 0.25) is 5.56 Å². The molecule has 1 saturated heterocycles. The van der Waals surface area contributed by atoms with Crippen LogP contribution in [0.4, 0.5) is 0 Å². The van der Waals surface area contributed by atoms with E-state index < -0.39 is 0 Å². The molecule has 1 aliphatic carbocycles. The molecular formula is C19H29N3O2. The number of aryl methyl sites for hydroxylation is 1. The first-order valence-corrected chi connectivity index (χ1v) is 8.85. The van der Waals surface area contributed by atoms with E-state index >= 15 is 0 Å². The van der Waals surface area contributed by atoms with Gasteiger partial charge < -0.3 is 14.8 Å². The summed E-state index contributed by atoms with van der Waals surface area (Å²) in [6.45, 7) is 9.26. The number of likely N-dealkylation sites (tertiary alicyclic amines) is 1. The summed E-state index contributed by atoms with van der Waals surface area (Å²) in [4.78, 5) is 31.7. The summed E-state index contributed by atoms with van der Waals surface area (Å²) in [5, 5.41) is 0. The Morgan fingerprint density at radius 1 is 1.38 bits per heavy atom.